The van der Waals surface area contributed by atoms with Gasteiger partial charge in [-0.25, -0.2) is 9.37 Å². The number of nitrogens with one attached hydrogen (secondary N) is 2. The molecule has 3 rings (SSSR count). The number of fused-ring (bicyclic) bond motifs is 1. The molecule has 0 spiro atoms. The third-order valence-electron chi connectivity index (χ3n) is 4.34. The Morgan fingerprint density at radius 3 is 2.61 bits per heavy atom. The summed E-state index contributed by atoms with van der Waals surface area (Å²) >= 11 is 3.27. The number of carbonyl (C=O) groups is 1. The topological polar surface area (TPSA) is 63.2 Å². The van der Waals surface area contributed by atoms with E-state index in [1.54, 1.807) is 13.2 Å². The van der Waals surface area contributed by atoms with Gasteiger partial charge in [0.1, 0.15) is 11.6 Å². The molecule has 0 atom stereocenters. The SMILES string of the molecule is CCCNC(=O)c1ncc2c(Br)c(F)ccc2c1NCc1ccc(OC)cc1. The molecular formula is C21H21BrFN3O2. The third-order valence-corrected chi connectivity index (χ3v) is 5.15. The Bertz CT molecular complexity index is 993. The molecule has 1 aromatic heterocycles. The summed E-state index contributed by atoms with van der Waals surface area (Å²) in [4.78, 5) is 16.9. The molecule has 0 radical (unpaired) electrons. The minimum atomic E-state index is -0.376. The fourth-order valence-electron chi connectivity index (χ4n) is 2.84. The van der Waals surface area contributed by atoms with Gasteiger partial charge in [-0.05, 0) is 52.2 Å². The van der Waals surface area contributed by atoms with Gasteiger partial charge in [-0.2, -0.15) is 0 Å². The van der Waals surface area contributed by atoms with E-state index in [-0.39, 0.29) is 17.4 Å². The number of halogens is 2. The van der Waals surface area contributed by atoms with Crippen molar-refractivity contribution in [2.45, 2.75) is 19.9 Å². The fourth-order valence-corrected chi connectivity index (χ4v) is 3.29. The number of ether oxygens (including phenoxy) is 1. The third kappa shape index (κ3) is 4.25. The fraction of sp³-hybridized carbons (Fsp3) is 0.238. The summed E-state index contributed by atoms with van der Waals surface area (Å²) in [5, 5.41) is 7.48. The van der Waals surface area contributed by atoms with Gasteiger partial charge in [-0.3, -0.25) is 4.79 Å². The number of pyridine rings is 1. The number of anilines is 1. The van der Waals surface area contributed by atoms with Crippen LogP contribution >= 0.6 is 15.9 Å². The van der Waals surface area contributed by atoms with E-state index in [0.29, 0.717) is 28.6 Å². The molecule has 0 saturated heterocycles. The van der Waals surface area contributed by atoms with E-state index in [4.69, 9.17) is 4.74 Å². The molecular weight excluding hydrogens is 425 g/mol. The number of aromatic nitrogens is 1. The van der Waals surface area contributed by atoms with Gasteiger partial charge in [0.25, 0.3) is 5.91 Å². The number of methoxy groups -OCH3 is 1. The predicted octanol–water partition coefficient (Wildman–Crippen LogP) is 4.90. The number of nitrogens with zero attached hydrogens (tertiary/aromatic N) is 1. The Hall–Kier alpha value is -2.67. The molecule has 1 amide bonds. The van der Waals surface area contributed by atoms with Crippen LogP contribution in [0.25, 0.3) is 10.8 Å². The first-order valence-electron chi connectivity index (χ1n) is 8.96. The van der Waals surface area contributed by atoms with Crippen LogP contribution in [0.3, 0.4) is 0 Å². The monoisotopic (exact) mass is 445 g/mol. The second-order valence-corrected chi connectivity index (χ2v) is 7.05. The minimum absolute atomic E-state index is 0.263. The Balaban J connectivity index is 1.99. The zero-order valence-electron chi connectivity index (χ0n) is 15.7. The molecule has 3 aromatic rings. The second-order valence-electron chi connectivity index (χ2n) is 6.26. The summed E-state index contributed by atoms with van der Waals surface area (Å²) in [5.41, 5.74) is 1.87. The van der Waals surface area contributed by atoms with E-state index in [1.807, 2.05) is 31.2 Å². The number of rotatable bonds is 7. The largest absolute Gasteiger partial charge is 0.497 e. The van der Waals surface area contributed by atoms with E-state index in [1.165, 1.54) is 12.3 Å². The molecule has 146 valence electrons. The molecule has 0 unspecified atom stereocenters. The highest BCUT2D eigenvalue weighted by Gasteiger charge is 2.18. The number of benzene rings is 2. The highest BCUT2D eigenvalue weighted by Crippen LogP contribution is 2.33. The second kappa shape index (κ2) is 9.01. The van der Waals surface area contributed by atoms with Gasteiger partial charge < -0.3 is 15.4 Å². The van der Waals surface area contributed by atoms with Gasteiger partial charge in [-0.1, -0.05) is 19.1 Å². The lowest BCUT2D eigenvalue weighted by Gasteiger charge is -2.15. The molecule has 0 aliphatic carbocycles. The van der Waals surface area contributed by atoms with Gasteiger partial charge in [0.15, 0.2) is 5.69 Å². The molecule has 0 bridgehead atoms. The zero-order chi connectivity index (χ0) is 20.1. The molecule has 1 heterocycles. The van der Waals surface area contributed by atoms with Crippen molar-refractivity contribution in [1.29, 1.82) is 0 Å². The number of hydrogen-bond donors (Lipinski definition) is 2. The van der Waals surface area contributed by atoms with Crippen LogP contribution in [0.5, 0.6) is 5.75 Å². The highest BCUT2D eigenvalue weighted by molar-refractivity contribution is 9.10. The highest BCUT2D eigenvalue weighted by atomic mass is 79.9. The minimum Gasteiger partial charge on any atom is -0.497 e. The summed E-state index contributed by atoms with van der Waals surface area (Å²) in [6.07, 6.45) is 2.34. The van der Waals surface area contributed by atoms with E-state index in [2.05, 4.69) is 31.5 Å². The predicted molar refractivity (Wildman–Crippen MR) is 112 cm³/mol. The first-order valence-corrected chi connectivity index (χ1v) is 9.76. The van der Waals surface area contributed by atoms with E-state index < -0.39 is 0 Å². The zero-order valence-corrected chi connectivity index (χ0v) is 17.3. The lowest BCUT2D eigenvalue weighted by atomic mass is 10.1. The van der Waals surface area contributed by atoms with Crippen molar-refractivity contribution in [2.75, 3.05) is 19.0 Å². The number of carbonyl (C=O) groups excluding carboxylic acids is 1. The van der Waals surface area contributed by atoms with Crippen LogP contribution in [0.2, 0.25) is 0 Å². The summed E-state index contributed by atoms with van der Waals surface area (Å²) in [6, 6.07) is 10.7. The van der Waals surface area contributed by atoms with Crippen LogP contribution in [-0.2, 0) is 6.54 Å². The van der Waals surface area contributed by atoms with Crippen molar-refractivity contribution in [1.82, 2.24) is 10.3 Å². The van der Waals surface area contributed by atoms with Gasteiger partial charge in [-0.15, -0.1) is 0 Å². The Kier molecular flexibility index (Phi) is 6.46. The molecule has 2 aromatic carbocycles. The molecule has 2 N–H and O–H groups in total. The average molecular weight is 446 g/mol. The van der Waals surface area contributed by atoms with E-state index in [9.17, 15) is 9.18 Å². The number of amides is 1. The van der Waals surface area contributed by atoms with Crippen LogP contribution in [0.1, 0.15) is 29.4 Å². The molecule has 0 saturated carbocycles. The van der Waals surface area contributed by atoms with Gasteiger partial charge >= 0.3 is 0 Å². The Morgan fingerprint density at radius 1 is 1.18 bits per heavy atom. The van der Waals surface area contributed by atoms with E-state index in [0.717, 1.165) is 23.1 Å². The average Bonchev–Trinajstić information content (AvgIpc) is 2.73. The molecule has 0 aliphatic heterocycles. The van der Waals surface area contributed by atoms with Gasteiger partial charge in [0.2, 0.25) is 0 Å². The first kappa shape index (κ1) is 20.1. The van der Waals surface area contributed by atoms with Gasteiger partial charge in [0.05, 0.1) is 17.3 Å². The maximum atomic E-state index is 13.9. The Morgan fingerprint density at radius 2 is 1.93 bits per heavy atom. The smallest absolute Gasteiger partial charge is 0.272 e. The normalized spacial score (nSPS) is 10.7. The maximum absolute atomic E-state index is 13.9. The lowest BCUT2D eigenvalue weighted by Crippen LogP contribution is -2.26. The summed E-state index contributed by atoms with van der Waals surface area (Å²) in [5.74, 6) is 0.134. The van der Waals surface area contributed by atoms with Crippen molar-refractivity contribution in [2.24, 2.45) is 0 Å². The summed E-state index contributed by atoms with van der Waals surface area (Å²) < 4.78 is 19.4. The van der Waals surface area contributed by atoms with Crippen LogP contribution in [-0.4, -0.2) is 24.5 Å². The van der Waals surface area contributed by atoms with Crippen molar-refractivity contribution >= 4 is 38.3 Å². The molecule has 5 nitrogen and oxygen atoms in total. The van der Waals surface area contributed by atoms with E-state index >= 15 is 0 Å². The molecule has 7 heteroatoms. The lowest BCUT2D eigenvalue weighted by molar-refractivity contribution is 0.0949. The van der Waals surface area contributed by atoms with Crippen molar-refractivity contribution in [3.63, 3.8) is 0 Å². The number of hydrogen-bond acceptors (Lipinski definition) is 4. The maximum Gasteiger partial charge on any atom is 0.272 e. The Labute approximate surface area is 171 Å². The summed E-state index contributed by atoms with van der Waals surface area (Å²) in [6.45, 7) is 3.02. The van der Waals surface area contributed by atoms with Crippen LogP contribution in [0.15, 0.2) is 47.1 Å². The molecule has 0 aliphatic rings. The van der Waals surface area contributed by atoms with Crippen LogP contribution < -0.4 is 15.4 Å². The molecule has 0 fully saturated rings. The first-order chi connectivity index (χ1) is 13.5. The standard InChI is InChI=1S/C21H21BrFN3O2/c1-3-10-24-21(27)20-19(25-11-13-4-6-14(28-2)7-5-13)15-8-9-17(23)18(22)16(15)12-26-20/h4-9,12,25H,3,10-11H2,1-2H3,(H,24,27). The molecule has 28 heavy (non-hydrogen) atoms. The van der Waals surface area contributed by atoms with Crippen molar-refractivity contribution in [3.8, 4) is 5.75 Å². The van der Waals surface area contributed by atoms with Crippen molar-refractivity contribution < 1.29 is 13.9 Å². The van der Waals surface area contributed by atoms with Crippen LogP contribution in [0.4, 0.5) is 10.1 Å². The van der Waals surface area contributed by atoms with Crippen LogP contribution in [0, 0.1) is 5.82 Å². The van der Waals surface area contributed by atoms with Crippen molar-refractivity contribution in [3.05, 3.63) is 64.1 Å². The van der Waals surface area contributed by atoms with Gasteiger partial charge in [0, 0.05) is 30.1 Å². The quantitative estimate of drug-likeness (QED) is 0.542. The summed E-state index contributed by atoms with van der Waals surface area (Å²) in [7, 11) is 1.62.